The van der Waals surface area contributed by atoms with E-state index >= 15 is 0 Å². The number of nitrogens with zero attached hydrogens (tertiary/aromatic N) is 2. The molecule has 94 valence electrons. The van der Waals surface area contributed by atoms with E-state index in [0.717, 1.165) is 23.6 Å². The first-order chi connectivity index (χ1) is 8.72. The van der Waals surface area contributed by atoms with Crippen LogP contribution in [0.15, 0.2) is 41.3 Å². The summed E-state index contributed by atoms with van der Waals surface area (Å²) < 4.78 is 1.75. The first kappa shape index (κ1) is 12.4. The number of rotatable bonds is 4. The molecule has 0 amide bonds. The number of hydrogen-bond acceptors (Lipinski definition) is 3. The Hall–Kier alpha value is -2.10. The molecule has 0 saturated heterocycles. The lowest BCUT2D eigenvalue weighted by molar-refractivity contribution is 0.728. The first-order valence-electron chi connectivity index (χ1n) is 6.06. The van der Waals surface area contributed by atoms with Gasteiger partial charge in [0.1, 0.15) is 5.82 Å². The van der Waals surface area contributed by atoms with Crippen LogP contribution in [0.25, 0.3) is 0 Å². The quantitative estimate of drug-likeness (QED) is 0.893. The predicted octanol–water partition coefficient (Wildman–Crippen LogP) is 2.03. The van der Waals surface area contributed by atoms with Crippen LogP contribution >= 0.6 is 0 Å². The number of aromatic nitrogens is 2. The number of hydrogen-bond donors (Lipinski definition) is 1. The van der Waals surface area contributed by atoms with Gasteiger partial charge < -0.3 is 9.88 Å². The van der Waals surface area contributed by atoms with E-state index in [1.807, 2.05) is 32.0 Å². The molecule has 4 nitrogen and oxygen atoms in total. The Kier molecular flexibility index (Phi) is 3.77. The molecule has 1 N–H and O–H groups in total. The average molecular weight is 243 g/mol. The fraction of sp³-hybridized carbons (Fsp3) is 0.286. The molecule has 0 unspecified atom stereocenters. The normalized spacial score (nSPS) is 10.3. The maximum Gasteiger partial charge on any atom is 0.251 e. The van der Waals surface area contributed by atoms with Gasteiger partial charge in [0.15, 0.2) is 0 Å². The van der Waals surface area contributed by atoms with Crippen molar-refractivity contribution >= 4 is 5.82 Å². The predicted molar refractivity (Wildman–Crippen MR) is 72.9 cm³/mol. The van der Waals surface area contributed by atoms with Crippen molar-refractivity contribution < 1.29 is 0 Å². The molecule has 0 spiro atoms. The number of anilines is 1. The third kappa shape index (κ3) is 2.59. The monoisotopic (exact) mass is 243 g/mol. The molecule has 0 aliphatic heterocycles. The molecule has 4 heteroatoms. The summed E-state index contributed by atoms with van der Waals surface area (Å²) in [5, 5.41) is 3.21. The molecule has 2 aromatic rings. The summed E-state index contributed by atoms with van der Waals surface area (Å²) in [5.74, 6) is 0.843. The van der Waals surface area contributed by atoms with Crippen molar-refractivity contribution in [3.8, 4) is 0 Å². The molecule has 0 fully saturated rings. The molecule has 0 aromatic carbocycles. The number of nitrogens with one attached hydrogen (secondary N) is 1. The van der Waals surface area contributed by atoms with Crippen LogP contribution < -0.4 is 10.9 Å². The van der Waals surface area contributed by atoms with Gasteiger partial charge in [0.2, 0.25) is 0 Å². The third-order valence-corrected chi connectivity index (χ3v) is 2.83. The van der Waals surface area contributed by atoms with Gasteiger partial charge >= 0.3 is 0 Å². The van der Waals surface area contributed by atoms with Gasteiger partial charge in [0.05, 0.1) is 6.54 Å². The van der Waals surface area contributed by atoms with E-state index in [1.54, 1.807) is 22.9 Å². The second-order valence-electron chi connectivity index (χ2n) is 4.13. The van der Waals surface area contributed by atoms with Crippen molar-refractivity contribution in [2.75, 3.05) is 11.9 Å². The van der Waals surface area contributed by atoms with Crippen LogP contribution in [0.4, 0.5) is 5.82 Å². The first-order valence-corrected chi connectivity index (χ1v) is 6.06. The van der Waals surface area contributed by atoms with E-state index < -0.39 is 0 Å². The van der Waals surface area contributed by atoms with Crippen LogP contribution in [0, 0.1) is 6.92 Å². The summed E-state index contributed by atoms with van der Waals surface area (Å²) in [7, 11) is 0. The van der Waals surface area contributed by atoms with E-state index in [-0.39, 0.29) is 5.56 Å². The molecule has 18 heavy (non-hydrogen) atoms. The van der Waals surface area contributed by atoms with Crippen LogP contribution in [0.5, 0.6) is 0 Å². The summed E-state index contributed by atoms with van der Waals surface area (Å²) in [6.07, 6.45) is 1.75. The highest BCUT2D eigenvalue weighted by molar-refractivity contribution is 5.43. The molecule has 2 heterocycles. The van der Waals surface area contributed by atoms with Crippen LogP contribution in [0.1, 0.15) is 18.2 Å². The van der Waals surface area contributed by atoms with Crippen molar-refractivity contribution in [1.82, 2.24) is 9.55 Å². The minimum Gasteiger partial charge on any atom is -0.370 e. The average Bonchev–Trinajstić information content (AvgIpc) is 2.36. The summed E-state index contributed by atoms with van der Waals surface area (Å²) in [6, 6.07) is 9.17. The van der Waals surface area contributed by atoms with Crippen LogP contribution in [0.3, 0.4) is 0 Å². The van der Waals surface area contributed by atoms with Gasteiger partial charge in [0, 0.05) is 30.1 Å². The van der Waals surface area contributed by atoms with Gasteiger partial charge in [0.25, 0.3) is 5.56 Å². The Morgan fingerprint density at radius 1 is 1.28 bits per heavy atom. The van der Waals surface area contributed by atoms with E-state index in [1.165, 1.54) is 0 Å². The molecule has 2 rings (SSSR count). The maximum atomic E-state index is 11.8. The second kappa shape index (κ2) is 5.49. The molecule has 0 bridgehead atoms. The van der Waals surface area contributed by atoms with Crippen molar-refractivity contribution in [1.29, 1.82) is 0 Å². The summed E-state index contributed by atoms with van der Waals surface area (Å²) in [5.41, 5.74) is 1.99. The van der Waals surface area contributed by atoms with Crippen LogP contribution in [0.2, 0.25) is 0 Å². The molecule has 0 saturated carbocycles. The third-order valence-electron chi connectivity index (χ3n) is 2.83. The van der Waals surface area contributed by atoms with Crippen molar-refractivity contribution in [3.05, 3.63) is 58.1 Å². The highest BCUT2D eigenvalue weighted by atomic mass is 16.1. The number of pyridine rings is 2. The van der Waals surface area contributed by atoms with Gasteiger partial charge in [-0.25, -0.2) is 4.98 Å². The van der Waals surface area contributed by atoms with Crippen LogP contribution in [-0.2, 0) is 6.54 Å². The summed E-state index contributed by atoms with van der Waals surface area (Å²) in [4.78, 5) is 16.1. The van der Waals surface area contributed by atoms with Gasteiger partial charge in [-0.05, 0) is 26.0 Å². The smallest absolute Gasteiger partial charge is 0.251 e. The Morgan fingerprint density at radius 2 is 2.11 bits per heavy atom. The van der Waals surface area contributed by atoms with Crippen molar-refractivity contribution in [2.24, 2.45) is 0 Å². The van der Waals surface area contributed by atoms with E-state index in [2.05, 4.69) is 10.3 Å². The zero-order valence-electron chi connectivity index (χ0n) is 10.7. The molecule has 0 aliphatic rings. The minimum atomic E-state index is 0.0151. The Bertz CT molecular complexity index is 590. The lowest BCUT2D eigenvalue weighted by Gasteiger charge is -2.12. The lowest BCUT2D eigenvalue weighted by atomic mass is 10.2. The Morgan fingerprint density at radius 3 is 2.83 bits per heavy atom. The minimum absolute atomic E-state index is 0.0151. The van der Waals surface area contributed by atoms with Crippen molar-refractivity contribution in [2.45, 2.75) is 20.4 Å². The molecular weight excluding hydrogens is 226 g/mol. The lowest BCUT2D eigenvalue weighted by Crippen LogP contribution is -2.22. The zero-order valence-corrected chi connectivity index (χ0v) is 10.7. The Labute approximate surface area is 106 Å². The molecular formula is C14H17N3O. The molecule has 0 radical (unpaired) electrons. The largest absolute Gasteiger partial charge is 0.370 e. The van der Waals surface area contributed by atoms with E-state index in [0.29, 0.717) is 6.54 Å². The van der Waals surface area contributed by atoms with Gasteiger partial charge in [-0.1, -0.05) is 12.1 Å². The summed E-state index contributed by atoms with van der Waals surface area (Å²) >= 11 is 0. The SMILES string of the molecule is CCNc1ncccc1Cn1c(C)cccc1=O. The highest BCUT2D eigenvalue weighted by Crippen LogP contribution is 2.12. The van der Waals surface area contributed by atoms with Crippen molar-refractivity contribution in [3.63, 3.8) is 0 Å². The highest BCUT2D eigenvalue weighted by Gasteiger charge is 2.05. The number of aryl methyl sites for hydroxylation is 1. The fourth-order valence-corrected chi connectivity index (χ4v) is 1.89. The Balaban J connectivity index is 2.37. The van der Waals surface area contributed by atoms with Gasteiger partial charge in [-0.15, -0.1) is 0 Å². The molecule has 0 aliphatic carbocycles. The topological polar surface area (TPSA) is 46.9 Å². The summed E-state index contributed by atoms with van der Waals surface area (Å²) in [6.45, 7) is 5.32. The zero-order chi connectivity index (χ0) is 13.0. The fourth-order valence-electron chi connectivity index (χ4n) is 1.89. The van der Waals surface area contributed by atoms with Gasteiger partial charge in [-0.3, -0.25) is 4.79 Å². The standard InChI is InChI=1S/C14H17N3O/c1-3-15-14-12(7-5-9-16-14)10-17-11(2)6-4-8-13(17)18/h4-9H,3,10H2,1-2H3,(H,15,16). The second-order valence-corrected chi connectivity index (χ2v) is 4.13. The van der Waals surface area contributed by atoms with E-state index in [4.69, 9.17) is 0 Å². The molecule has 0 atom stereocenters. The van der Waals surface area contributed by atoms with E-state index in [9.17, 15) is 4.79 Å². The van der Waals surface area contributed by atoms with Crippen LogP contribution in [-0.4, -0.2) is 16.1 Å². The van der Waals surface area contributed by atoms with Gasteiger partial charge in [-0.2, -0.15) is 0 Å². The molecule has 2 aromatic heterocycles. The maximum absolute atomic E-state index is 11.8.